The van der Waals surface area contributed by atoms with E-state index < -0.39 is 4.92 Å². The van der Waals surface area contributed by atoms with Crippen LogP contribution in [0.15, 0.2) is 64.9 Å². The fourth-order valence-corrected chi connectivity index (χ4v) is 3.69. The van der Waals surface area contributed by atoms with E-state index in [2.05, 4.69) is 21.0 Å². The van der Waals surface area contributed by atoms with E-state index in [1.54, 1.807) is 35.2 Å². The standard InChI is InChI=1S/C20H14N6O2S/c1-25-9-8-22-20(25)29-18-7-6-13(11-17(18)26(27)28)10-14(12-21)19-23-15-4-2-3-5-16(15)24-19/h2-11H,1H3,(H,23,24)/b14-10+. The van der Waals surface area contributed by atoms with Crippen molar-refractivity contribution >= 4 is 40.1 Å². The van der Waals surface area contributed by atoms with E-state index in [-0.39, 0.29) is 5.69 Å². The molecule has 0 spiro atoms. The van der Waals surface area contributed by atoms with Crippen molar-refractivity contribution in [3.63, 3.8) is 0 Å². The Balaban J connectivity index is 1.72. The SMILES string of the molecule is Cn1ccnc1Sc1ccc(/C=C(\C#N)c2nc3ccccc3[nH]2)cc1[N+](=O)[O-]. The lowest BCUT2D eigenvalue weighted by Crippen LogP contribution is -1.94. The van der Waals surface area contributed by atoms with E-state index >= 15 is 0 Å². The second-order valence-corrected chi connectivity index (χ2v) is 7.19. The minimum atomic E-state index is -0.435. The van der Waals surface area contributed by atoms with Crippen LogP contribution >= 0.6 is 11.8 Å². The van der Waals surface area contributed by atoms with Crippen LogP contribution in [0.4, 0.5) is 5.69 Å². The van der Waals surface area contributed by atoms with Crippen molar-refractivity contribution in [3.8, 4) is 6.07 Å². The van der Waals surface area contributed by atoms with Crippen LogP contribution in [-0.4, -0.2) is 24.4 Å². The van der Waals surface area contributed by atoms with Crippen molar-refractivity contribution in [2.75, 3.05) is 0 Å². The topological polar surface area (TPSA) is 113 Å². The molecule has 142 valence electrons. The Labute approximate surface area is 169 Å². The number of para-hydroxylation sites is 2. The molecule has 2 heterocycles. The number of fused-ring (bicyclic) bond motifs is 1. The molecule has 29 heavy (non-hydrogen) atoms. The van der Waals surface area contributed by atoms with Gasteiger partial charge in [-0.05, 0) is 41.6 Å². The van der Waals surface area contributed by atoms with Crippen LogP contribution in [0.5, 0.6) is 0 Å². The fraction of sp³-hybridized carbons (Fsp3) is 0.0500. The molecular formula is C20H14N6O2S. The second-order valence-electron chi connectivity index (χ2n) is 6.18. The molecule has 1 N–H and O–H groups in total. The molecule has 0 saturated carbocycles. The Morgan fingerprint density at radius 2 is 2.17 bits per heavy atom. The fourth-order valence-electron chi connectivity index (χ4n) is 2.80. The monoisotopic (exact) mass is 402 g/mol. The summed E-state index contributed by atoms with van der Waals surface area (Å²) in [7, 11) is 1.82. The third-order valence-electron chi connectivity index (χ3n) is 4.23. The van der Waals surface area contributed by atoms with Gasteiger partial charge >= 0.3 is 0 Å². The van der Waals surface area contributed by atoms with Gasteiger partial charge in [0.15, 0.2) is 5.16 Å². The number of imidazole rings is 2. The molecule has 8 nitrogen and oxygen atoms in total. The molecule has 4 aromatic rings. The molecule has 9 heteroatoms. The minimum absolute atomic E-state index is 0.0476. The zero-order valence-electron chi connectivity index (χ0n) is 15.2. The quantitative estimate of drug-likeness (QED) is 0.300. The van der Waals surface area contributed by atoms with Crippen LogP contribution in [0.2, 0.25) is 0 Å². The summed E-state index contributed by atoms with van der Waals surface area (Å²) in [4.78, 5) is 23.3. The Kier molecular flexibility index (Phi) is 4.85. The highest BCUT2D eigenvalue weighted by molar-refractivity contribution is 7.99. The van der Waals surface area contributed by atoms with E-state index in [0.29, 0.717) is 27.0 Å². The number of H-pyrrole nitrogens is 1. The van der Waals surface area contributed by atoms with Gasteiger partial charge in [-0.3, -0.25) is 10.1 Å². The van der Waals surface area contributed by atoms with Crippen LogP contribution in [0.1, 0.15) is 11.4 Å². The maximum Gasteiger partial charge on any atom is 0.283 e. The van der Waals surface area contributed by atoms with Gasteiger partial charge in [-0.15, -0.1) is 0 Å². The summed E-state index contributed by atoms with van der Waals surface area (Å²) < 4.78 is 1.79. The van der Waals surface area contributed by atoms with Gasteiger partial charge in [0.05, 0.1) is 26.4 Å². The predicted molar refractivity (Wildman–Crippen MR) is 110 cm³/mol. The minimum Gasteiger partial charge on any atom is -0.337 e. The molecule has 4 rings (SSSR count). The van der Waals surface area contributed by atoms with Crippen LogP contribution in [0.25, 0.3) is 22.7 Å². The van der Waals surface area contributed by atoms with Gasteiger partial charge in [0.1, 0.15) is 11.9 Å². The van der Waals surface area contributed by atoms with Crippen molar-refractivity contribution in [3.05, 3.63) is 76.4 Å². The summed E-state index contributed by atoms with van der Waals surface area (Å²) in [6.45, 7) is 0. The maximum atomic E-state index is 11.6. The number of nitrogens with one attached hydrogen (secondary N) is 1. The first-order valence-electron chi connectivity index (χ1n) is 8.55. The molecule has 2 aromatic carbocycles. The number of hydrogen-bond donors (Lipinski definition) is 1. The first-order valence-corrected chi connectivity index (χ1v) is 9.37. The van der Waals surface area contributed by atoms with E-state index in [0.717, 1.165) is 11.0 Å². The van der Waals surface area contributed by atoms with Gasteiger partial charge < -0.3 is 9.55 Å². The van der Waals surface area contributed by atoms with Gasteiger partial charge in [-0.1, -0.05) is 18.2 Å². The molecule has 0 saturated heterocycles. The van der Waals surface area contributed by atoms with Crippen LogP contribution < -0.4 is 0 Å². The van der Waals surface area contributed by atoms with Crippen molar-refractivity contribution in [1.82, 2.24) is 19.5 Å². The molecule has 0 aliphatic heterocycles. The zero-order valence-corrected chi connectivity index (χ0v) is 16.1. The highest BCUT2D eigenvalue weighted by Gasteiger charge is 2.18. The first kappa shape index (κ1) is 18.5. The lowest BCUT2D eigenvalue weighted by atomic mass is 10.1. The maximum absolute atomic E-state index is 11.6. The Morgan fingerprint density at radius 1 is 1.34 bits per heavy atom. The van der Waals surface area contributed by atoms with Crippen LogP contribution in [0.3, 0.4) is 0 Å². The molecule has 0 radical (unpaired) electrons. The first-order chi connectivity index (χ1) is 14.0. The number of rotatable bonds is 5. The molecule has 0 aliphatic rings. The summed E-state index contributed by atoms with van der Waals surface area (Å²) in [6.07, 6.45) is 5.00. The van der Waals surface area contributed by atoms with E-state index in [1.807, 2.05) is 31.3 Å². The summed E-state index contributed by atoms with van der Waals surface area (Å²) in [5, 5.41) is 21.8. The number of nitro groups is 1. The van der Waals surface area contributed by atoms with Gasteiger partial charge in [0.25, 0.3) is 5.69 Å². The highest BCUT2D eigenvalue weighted by atomic mass is 32.2. The van der Waals surface area contributed by atoms with E-state index in [4.69, 9.17) is 0 Å². The molecule has 0 amide bonds. The lowest BCUT2D eigenvalue weighted by molar-refractivity contribution is -0.387. The zero-order chi connectivity index (χ0) is 20.4. The highest BCUT2D eigenvalue weighted by Crippen LogP contribution is 2.35. The number of nitro benzene ring substituents is 1. The van der Waals surface area contributed by atoms with Gasteiger partial charge in [-0.25, -0.2) is 9.97 Å². The third kappa shape index (κ3) is 3.74. The molecule has 0 unspecified atom stereocenters. The molecule has 0 bridgehead atoms. The number of allylic oxidation sites excluding steroid dienone is 1. The summed E-state index contributed by atoms with van der Waals surface area (Å²) in [6, 6.07) is 14.4. The van der Waals surface area contributed by atoms with Crippen molar-refractivity contribution < 1.29 is 4.92 Å². The lowest BCUT2D eigenvalue weighted by Gasteiger charge is -2.04. The number of aromatic nitrogens is 4. The molecule has 0 fully saturated rings. The smallest absolute Gasteiger partial charge is 0.283 e. The number of aromatic amines is 1. The van der Waals surface area contributed by atoms with Crippen molar-refractivity contribution in [1.29, 1.82) is 5.26 Å². The Morgan fingerprint density at radius 3 is 2.86 bits per heavy atom. The van der Waals surface area contributed by atoms with Gasteiger partial charge in [-0.2, -0.15) is 5.26 Å². The number of nitriles is 1. The number of nitrogens with zero attached hydrogens (tertiary/aromatic N) is 5. The average Bonchev–Trinajstić information content (AvgIpc) is 3.33. The normalized spacial score (nSPS) is 11.5. The van der Waals surface area contributed by atoms with Crippen LogP contribution in [0, 0.1) is 21.4 Å². The van der Waals surface area contributed by atoms with E-state index in [1.165, 1.54) is 17.8 Å². The summed E-state index contributed by atoms with van der Waals surface area (Å²) >= 11 is 1.21. The molecular weight excluding hydrogens is 388 g/mol. The molecule has 2 aromatic heterocycles. The average molecular weight is 402 g/mol. The second kappa shape index (κ2) is 7.61. The number of aryl methyl sites for hydroxylation is 1. The molecule has 0 atom stereocenters. The van der Waals surface area contributed by atoms with Gasteiger partial charge in [0, 0.05) is 25.5 Å². The Hall–Kier alpha value is -3.90. The number of hydrogen-bond acceptors (Lipinski definition) is 6. The third-order valence-corrected chi connectivity index (χ3v) is 5.37. The molecule has 0 aliphatic carbocycles. The van der Waals surface area contributed by atoms with Gasteiger partial charge in [0.2, 0.25) is 0 Å². The summed E-state index contributed by atoms with van der Waals surface area (Å²) in [5.41, 5.74) is 2.35. The van der Waals surface area contributed by atoms with Crippen LogP contribution in [-0.2, 0) is 7.05 Å². The largest absolute Gasteiger partial charge is 0.337 e. The van der Waals surface area contributed by atoms with E-state index in [9.17, 15) is 15.4 Å². The summed E-state index contributed by atoms with van der Waals surface area (Å²) in [5.74, 6) is 0.419. The predicted octanol–water partition coefficient (Wildman–Crippen LogP) is 4.42. The number of benzene rings is 2. The van der Waals surface area contributed by atoms with Crippen molar-refractivity contribution in [2.24, 2.45) is 7.05 Å². The van der Waals surface area contributed by atoms with Crippen molar-refractivity contribution in [2.45, 2.75) is 10.1 Å². The Bertz CT molecular complexity index is 1260.